The number of rotatable bonds is 5. The molecule has 88 valence electrons. The van der Waals surface area contributed by atoms with E-state index in [1.54, 1.807) is 12.4 Å². The van der Waals surface area contributed by atoms with Crippen LogP contribution in [-0.2, 0) is 16.0 Å². The highest BCUT2D eigenvalue weighted by Gasteiger charge is 2.14. The van der Waals surface area contributed by atoms with Crippen molar-refractivity contribution in [3.05, 3.63) is 35.9 Å². The van der Waals surface area contributed by atoms with Gasteiger partial charge in [0.2, 0.25) is 0 Å². The molecule has 2 aromatic rings. The van der Waals surface area contributed by atoms with E-state index in [0.29, 0.717) is 19.5 Å². The molecule has 0 aliphatic rings. The van der Waals surface area contributed by atoms with Gasteiger partial charge in [0.15, 0.2) is 0 Å². The van der Waals surface area contributed by atoms with Crippen LogP contribution in [0.4, 0.5) is 0 Å². The first-order valence-electron chi connectivity index (χ1n) is 5.23. The zero-order valence-corrected chi connectivity index (χ0v) is 9.42. The summed E-state index contributed by atoms with van der Waals surface area (Å²) >= 11 is 0. The van der Waals surface area contributed by atoms with Gasteiger partial charge in [-0.05, 0) is 19.1 Å². The molecule has 5 nitrogen and oxygen atoms in total. The largest absolute Gasteiger partial charge is 0.468 e. The number of ether oxygens (including phenoxy) is 1. The summed E-state index contributed by atoms with van der Waals surface area (Å²) in [7, 11) is 0. The number of aromatic nitrogens is 2. The van der Waals surface area contributed by atoms with Crippen molar-refractivity contribution in [2.24, 2.45) is 0 Å². The second kappa shape index (κ2) is 5.25. The van der Waals surface area contributed by atoms with Crippen LogP contribution < -0.4 is 0 Å². The summed E-state index contributed by atoms with van der Waals surface area (Å²) in [5.74, 6) is 0.735. The predicted molar refractivity (Wildman–Crippen MR) is 60.2 cm³/mol. The fraction of sp³-hybridized carbons (Fsp3) is 0.250. The molecule has 2 rings (SSSR count). The Labute approximate surface area is 98.4 Å². The molecule has 0 unspecified atom stereocenters. The van der Waals surface area contributed by atoms with Gasteiger partial charge in [0, 0.05) is 29.9 Å². The Morgan fingerprint density at radius 1 is 1.53 bits per heavy atom. The maximum atomic E-state index is 10.1. The lowest BCUT2D eigenvalue weighted by Gasteiger charge is -2.01. The highest BCUT2D eigenvalue weighted by molar-refractivity contribution is 5.62. The predicted octanol–water partition coefficient (Wildman–Crippen LogP) is 1.76. The molecule has 0 saturated carbocycles. The summed E-state index contributed by atoms with van der Waals surface area (Å²) in [6.45, 7) is 2.59. The maximum absolute atomic E-state index is 10.1. The van der Waals surface area contributed by atoms with Gasteiger partial charge >= 0.3 is 0 Å². The number of aryl methyl sites for hydroxylation is 1. The van der Waals surface area contributed by atoms with Crippen LogP contribution in [0.2, 0.25) is 0 Å². The number of hydrogen-bond donors (Lipinski definition) is 0. The van der Waals surface area contributed by atoms with Crippen LogP contribution in [0.1, 0.15) is 11.3 Å². The zero-order chi connectivity index (χ0) is 12.1. The van der Waals surface area contributed by atoms with Crippen LogP contribution in [0.25, 0.3) is 11.3 Å². The minimum absolute atomic E-state index is 0.318. The summed E-state index contributed by atoms with van der Waals surface area (Å²) in [6, 6.07) is 3.75. The number of carbonyl (C=O) groups excluding carboxylic acids is 1. The van der Waals surface area contributed by atoms with E-state index >= 15 is 0 Å². The van der Waals surface area contributed by atoms with Crippen molar-refractivity contribution in [3.8, 4) is 11.3 Å². The molecule has 17 heavy (non-hydrogen) atoms. The molecule has 0 aliphatic heterocycles. The van der Waals surface area contributed by atoms with Crippen molar-refractivity contribution >= 4 is 6.47 Å². The topological polar surface area (TPSA) is 65.2 Å². The Bertz CT molecular complexity index is 494. The van der Waals surface area contributed by atoms with Gasteiger partial charge in [-0.1, -0.05) is 5.16 Å². The molecule has 0 radical (unpaired) electrons. The fourth-order valence-corrected chi connectivity index (χ4v) is 1.62. The van der Waals surface area contributed by atoms with Crippen LogP contribution in [0.3, 0.4) is 0 Å². The van der Waals surface area contributed by atoms with Crippen molar-refractivity contribution in [1.82, 2.24) is 10.1 Å². The van der Waals surface area contributed by atoms with Gasteiger partial charge in [-0.15, -0.1) is 0 Å². The van der Waals surface area contributed by atoms with Crippen molar-refractivity contribution in [3.63, 3.8) is 0 Å². The lowest BCUT2D eigenvalue weighted by Crippen LogP contribution is -1.98. The number of hydrogen-bond acceptors (Lipinski definition) is 5. The molecule has 0 spiro atoms. The highest BCUT2D eigenvalue weighted by Crippen LogP contribution is 2.24. The molecule has 0 amide bonds. The van der Waals surface area contributed by atoms with Crippen LogP contribution in [0, 0.1) is 6.92 Å². The monoisotopic (exact) mass is 232 g/mol. The maximum Gasteiger partial charge on any atom is 0.293 e. The van der Waals surface area contributed by atoms with E-state index in [-0.39, 0.29) is 0 Å². The number of nitrogens with zero attached hydrogens (tertiary/aromatic N) is 2. The smallest absolute Gasteiger partial charge is 0.293 e. The Kier molecular flexibility index (Phi) is 3.49. The quantitative estimate of drug-likeness (QED) is 0.580. The molecular weight excluding hydrogens is 220 g/mol. The van der Waals surface area contributed by atoms with E-state index in [1.165, 1.54) is 0 Å². The second-order valence-electron chi connectivity index (χ2n) is 3.52. The summed E-state index contributed by atoms with van der Waals surface area (Å²) in [4.78, 5) is 14.1. The zero-order valence-electron chi connectivity index (χ0n) is 9.42. The third kappa shape index (κ3) is 2.50. The lowest BCUT2D eigenvalue weighted by molar-refractivity contribution is -0.128. The van der Waals surface area contributed by atoms with E-state index in [1.807, 2.05) is 19.1 Å². The minimum atomic E-state index is 0.318. The van der Waals surface area contributed by atoms with Gasteiger partial charge in [-0.2, -0.15) is 0 Å². The van der Waals surface area contributed by atoms with Gasteiger partial charge in [-0.3, -0.25) is 9.78 Å². The van der Waals surface area contributed by atoms with Crippen LogP contribution in [0.15, 0.2) is 29.0 Å². The Balaban J connectivity index is 2.26. The highest BCUT2D eigenvalue weighted by atomic mass is 16.5. The molecule has 0 aliphatic carbocycles. The van der Waals surface area contributed by atoms with Crippen molar-refractivity contribution in [2.45, 2.75) is 13.3 Å². The van der Waals surface area contributed by atoms with E-state index in [9.17, 15) is 4.79 Å². The Morgan fingerprint density at radius 2 is 2.41 bits per heavy atom. The van der Waals surface area contributed by atoms with Crippen LogP contribution >= 0.6 is 0 Å². The fourth-order valence-electron chi connectivity index (χ4n) is 1.62. The summed E-state index contributed by atoms with van der Waals surface area (Å²) in [5.41, 5.74) is 2.59. The third-order valence-electron chi connectivity index (χ3n) is 2.46. The van der Waals surface area contributed by atoms with Gasteiger partial charge in [-0.25, -0.2) is 0 Å². The van der Waals surface area contributed by atoms with E-state index < -0.39 is 0 Å². The molecule has 0 atom stereocenters. The number of carbonyl (C=O) groups is 1. The molecule has 2 heterocycles. The van der Waals surface area contributed by atoms with Crippen molar-refractivity contribution in [2.75, 3.05) is 6.61 Å². The van der Waals surface area contributed by atoms with Gasteiger partial charge in [0.1, 0.15) is 11.5 Å². The molecule has 0 aromatic carbocycles. The summed E-state index contributed by atoms with van der Waals surface area (Å²) in [5, 5.41) is 4.01. The molecular formula is C12H12N2O3. The molecule has 5 heteroatoms. The molecule has 0 saturated heterocycles. The molecule has 0 bridgehead atoms. The second-order valence-corrected chi connectivity index (χ2v) is 3.52. The normalized spacial score (nSPS) is 10.2. The minimum Gasteiger partial charge on any atom is -0.468 e. The molecule has 0 fully saturated rings. The van der Waals surface area contributed by atoms with Gasteiger partial charge in [0.25, 0.3) is 6.47 Å². The average molecular weight is 232 g/mol. The lowest BCUT2D eigenvalue weighted by atomic mass is 10.1. The summed E-state index contributed by atoms with van der Waals surface area (Å²) < 4.78 is 9.85. The van der Waals surface area contributed by atoms with Crippen LogP contribution in [0.5, 0.6) is 0 Å². The van der Waals surface area contributed by atoms with Gasteiger partial charge < -0.3 is 9.26 Å². The Hall–Kier alpha value is -2.17. The van der Waals surface area contributed by atoms with E-state index in [2.05, 4.69) is 14.9 Å². The molecule has 0 N–H and O–H groups in total. The average Bonchev–Trinajstić information content (AvgIpc) is 2.73. The van der Waals surface area contributed by atoms with E-state index in [4.69, 9.17) is 4.52 Å². The standard InChI is InChI=1S/C12H12N2O3/c1-9-11(4-6-16-8-15)12(14-17-9)10-3-2-5-13-7-10/h2-3,5,7-8H,4,6H2,1H3. The first-order valence-corrected chi connectivity index (χ1v) is 5.23. The SMILES string of the molecule is Cc1onc(-c2cccnc2)c1CCOC=O. The first kappa shape index (κ1) is 11.3. The van der Waals surface area contributed by atoms with Crippen LogP contribution in [-0.4, -0.2) is 23.2 Å². The summed E-state index contributed by atoms with van der Waals surface area (Å²) in [6.07, 6.45) is 4.01. The Morgan fingerprint density at radius 3 is 3.12 bits per heavy atom. The molecule has 2 aromatic heterocycles. The number of pyridine rings is 1. The third-order valence-corrected chi connectivity index (χ3v) is 2.46. The van der Waals surface area contributed by atoms with Gasteiger partial charge in [0.05, 0.1) is 6.61 Å². The first-order chi connectivity index (χ1) is 8.33. The van der Waals surface area contributed by atoms with Crippen molar-refractivity contribution in [1.29, 1.82) is 0 Å². The van der Waals surface area contributed by atoms with Crippen molar-refractivity contribution < 1.29 is 14.1 Å². The van der Waals surface area contributed by atoms with E-state index in [0.717, 1.165) is 22.6 Å².